The van der Waals surface area contributed by atoms with Crippen molar-refractivity contribution in [1.29, 1.82) is 0 Å². The number of rotatable bonds is 4. The standard InChI is InChI=1S/C16H14O5/c1-3-15(17)19-11(2)20-16(18)21-14-10-6-8-12-7-4-5-9-13(12)14/h3-11H,1H2,2H3. The van der Waals surface area contributed by atoms with Crippen LogP contribution in [0.4, 0.5) is 4.79 Å². The van der Waals surface area contributed by atoms with E-state index in [1.165, 1.54) is 6.92 Å². The summed E-state index contributed by atoms with van der Waals surface area (Å²) < 4.78 is 14.7. The molecule has 5 heteroatoms. The molecular formula is C16H14O5. The number of fused-ring (bicyclic) bond motifs is 1. The molecule has 0 saturated heterocycles. The highest BCUT2D eigenvalue weighted by Gasteiger charge is 2.15. The Hall–Kier alpha value is -2.82. The molecule has 0 bridgehead atoms. The van der Waals surface area contributed by atoms with Crippen LogP contribution in [0, 0.1) is 0 Å². The SMILES string of the molecule is C=CC(=O)OC(C)OC(=O)Oc1cccc2ccccc12. The van der Waals surface area contributed by atoms with Gasteiger partial charge in [0.25, 0.3) is 0 Å². The molecular weight excluding hydrogens is 272 g/mol. The van der Waals surface area contributed by atoms with Crippen molar-refractivity contribution in [2.75, 3.05) is 0 Å². The monoisotopic (exact) mass is 286 g/mol. The van der Waals surface area contributed by atoms with Gasteiger partial charge in [0.15, 0.2) is 0 Å². The molecule has 0 aliphatic carbocycles. The second kappa shape index (κ2) is 6.56. The van der Waals surface area contributed by atoms with E-state index in [0.717, 1.165) is 16.8 Å². The van der Waals surface area contributed by atoms with Gasteiger partial charge in [0.1, 0.15) is 5.75 Å². The molecule has 2 aromatic carbocycles. The number of ether oxygens (including phenoxy) is 3. The van der Waals surface area contributed by atoms with E-state index >= 15 is 0 Å². The summed E-state index contributed by atoms with van der Waals surface area (Å²) >= 11 is 0. The van der Waals surface area contributed by atoms with E-state index in [1.54, 1.807) is 12.1 Å². The lowest BCUT2D eigenvalue weighted by Gasteiger charge is -2.13. The number of carbonyl (C=O) groups excluding carboxylic acids is 2. The lowest BCUT2D eigenvalue weighted by molar-refractivity contribution is -0.160. The molecule has 0 saturated carbocycles. The first-order chi connectivity index (χ1) is 10.1. The average molecular weight is 286 g/mol. The van der Waals surface area contributed by atoms with Crippen molar-refractivity contribution < 1.29 is 23.8 Å². The lowest BCUT2D eigenvalue weighted by atomic mass is 10.1. The number of carbonyl (C=O) groups is 2. The first-order valence-electron chi connectivity index (χ1n) is 6.29. The molecule has 1 unspecified atom stereocenters. The molecule has 5 nitrogen and oxygen atoms in total. The third-order valence-electron chi connectivity index (χ3n) is 2.65. The minimum Gasteiger partial charge on any atom is -0.422 e. The van der Waals surface area contributed by atoms with Gasteiger partial charge in [-0.15, -0.1) is 0 Å². The highest BCUT2D eigenvalue weighted by Crippen LogP contribution is 2.25. The number of hydrogen-bond acceptors (Lipinski definition) is 5. The highest BCUT2D eigenvalue weighted by molar-refractivity contribution is 5.89. The Bertz CT molecular complexity index is 672. The van der Waals surface area contributed by atoms with Crippen LogP contribution in [-0.2, 0) is 14.3 Å². The Labute approximate surface area is 121 Å². The first kappa shape index (κ1) is 14.6. The maximum absolute atomic E-state index is 11.7. The Morgan fingerprint density at radius 2 is 1.81 bits per heavy atom. The molecule has 0 aliphatic heterocycles. The fourth-order valence-electron chi connectivity index (χ4n) is 1.77. The second-order valence-electron chi connectivity index (χ2n) is 4.16. The van der Waals surface area contributed by atoms with E-state index in [0.29, 0.717) is 5.75 Å². The van der Waals surface area contributed by atoms with Gasteiger partial charge in [-0.05, 0) is 11.5 Å². The van der Waals surface area contributed by atoms with E-state index in [2.05, 4.69) is 6.58 Å². The summed E-state index contributed by atoms with van der Waals surface area (Å²) in [4.78, 5) is 22.6. The van der Waals surface area contributed by atoms with Gasteiger partial charge < -0.3 is 14.2 Å². The second-order valence-corrected chi connectivity index (χ2v) is 4.16. The molecule has 0 spiro atoms. The van der Waals surface area contributed by atoms with Gasteiger partial charge in [-0.1, -0.05) is 43.0 Å². The van der Waals surface area contributed by atoms with Gasteiger partial charge in [-0.2, -0.15) is 0 Å². The van der Waals surface area contributed by atoms with Crippen LogP contribution >= 0.6 is 0 Å². The Morgan fingerprint density at radius 3 is 2.57 bits per heavy atom. The predicted octanol–water partition coefficient (Wildman–Crippen LogP) is 3.43. The Kier molecular flexibility index (Phi) is 4.56. The van der Waals surface area contributed by atoms with Gasteiger partial charge in [0.05, 0.1) is 0 Å². The predicted molar refractivity (Wildman–Crippen MR) is 76.8 cm³/mol. The topological polar surface area (TPSA) is 61.8 Å². The zero-order valence-corrected chi connectivity index (χ0v) is 11.4. The minimum absolute atomic E-state index is 0.375. The third kappa shape index (κ3) is 3.82. The molecule has 0 N–H and O–H groups in total. The van der Waals surface area contributed by atoms with Gasteiger partial charge in [0, 0.05) is 18.4 Å². The molecule has 21 heavy (non-hydrogen) atoms. The van der Waals surface area contributed by atoms with Crippen LogP contribution in [0.5, 0.6) is 5.75 Å². The molecule has 2 rings (SSSR count). The maximum Gasteiger partial charge on any atom is 0.516 e. The number of benzene rings is 2. The zero-order valence-electron chi connectivity index (χ0n) is 11.4. The van der Waals surface area contributed by atoms with E-state index in [-0.39, 0.29) is 0 Å². The molecule has 0 amide bonds. The van der Waals surface area contributed by atoms with Crippen LogP contribution in [-0.4, -0.2) is 18.4 Å². The smallest absolute Gasteiger partial charge is 0.422 e. The van der Waals surface area contributed by atoms with Crippen LogP contribution in [0.15, 0.2) is 55.1 Å². The average Bonchev–Trinajstić information content (AvgIpc) is 2.47. The van der Waals surface area contributed by atoms with Crippen molar-refractivity contribution in [3.63, 3.8) is 0 Å². The van der Waals surface area contributed by atoms with Crippen LogP contribution in [0.1, 0.15) is 6.92 Å². The van der Waals surface area contributed by atoms with E-state index in [9.17, 15) is 9.59 Å². The van der Waals surface area contributed by atoms with Crippen molar-refractivity contribution in [2.24, 2.45) is 0 Å². The summed E-state index contributed by atoms with van der Waals surface area (Å²) in [5, 5.41) is 1.72. The summed E-state index contributed by atoms with van der Waals surface area (Å²) in [6.45, 7) is 4.66. The quantitative estimate of drug-likeness (QED) is 0.373. The van der Waals surface area contributed by atoms with E-state index < -0.39 is 18.4 Å². The Balaban J connectivity index is 2.05. The molecule has 0 aromatic heterocycles. The van der Waals surface area contributed by atoms with E-state index in [1.807, 2.05) is 30.3 Å². The summed E-state index contributed by atoms with van der Waals surface area (Å²) in [6.07, 6.45) is -1.02. The Morgan fingerprint density at radius 1 is 1.10 bits per heavy atom. The van der Waals surface area contributed by atoms with Crippen LogP contribution in [0.3, 0.4) is 0 Å². The van der Waals surface area contributed by atoms with Crippen LogP contribution in [0.25, 0.3) is 10.8 Å². The molecule has 0 aliphatic rings. The number of esters is 1. The number of hydrogen-bond donors (Lipinski definition) is 0. The molecule has 108 valence electrons. The summed E-state index contributed by atoms with van der Waals surface area (Å²) in [5.74, 6) is -0.305. The molecule has 1 atom stereocenters. The molecule has 0 fully saturated rings. The molecule has 0 radical (unpaired) electrons. The largest absolute Gasteiger partial charge is 0.516 e. The fraction of sp³-hybridized carbons (Fsp3) is 0.125. The maximum atomic E-state index is 11.7. The van der Waals surface area contributed by atoms with Crippen molar-refractivity contribution in [2.45, 2.75) is 13.2 Å². The lowest BCUT2D eigenvalue weighted by Crippen LogP contribution is -2.22. The fourth-order valence-corrected chi connectivity index (χ4v) is 1.77. The van der Waals surface area contributed by atoms with Gasteiger partial charge in [-0.3, -0.25) is 0 Å². The van der Waals surface area contributed by atoms with Crippen LogP contribution < -0.4 is 4.74 Å². The van der Waals surface area contributed by atoms with Crippen molar-refractivity contribution >= 4 is 22.9 Å². The van der Waals surface area contributed by atoms with Crippen molar-refractivity contribution in [3.05, 3.63) is 55.1 Å². The van der Waals surface area contributed by atoms with E-state index in [4.69, 9.17) is 14.2 Å². The summed E-state index contributed by atoms with van der Waals surface area (Å²) in [6, 6.07) is 12.8. The molecule has 2 aromatic rings. The van der Waals surface area contributed by atoms with Gasteiger partial charge in [0.2, 0.25) is 6.29 Å². The normalized spacial score (nSPS) is 11.5. The van der Waals surface area contributed by atoms with Crippen molar-refractivity contribution in [3.8, 4) is 5.75 Å². The summed E-state index contributed by atoms with van der Waals surface area (Å²) in [5.41, 5.74) is 0. The zero-order chi connectivity index (χ0) is 15.2. The van der Waals surface area contributed by atoms with Crippen LogP contribution in [0.2, 0.25) is 0 Å². The third-order valence-corrected chi connectivity index (χ3v) is 2.65. The summed E-state index contributed by atoms with van der Waals surface area (Å²) in [7, 11) is 0. The highest BCUT2D eigenvalue weighted by atomic mass is 16.8. The molecule has 0 heterocycles. The van der Waals surface area contributed by atoms with Crippen molar-refractivity contribution in [1.82, 2.24) is 0 Å². The minimum atomic E-state index is -1.06. The first-order valence-corrected chi connectivity index (χ1v) is 6.29. The van der Waals surface area contributed by atoms with Gasteiger partial charge >= 0.3 is 12.1 Å². The van der Waals surface area contributed by atoms with Gasteiger partial charge in [-0.25, -0.2) is 9.59 Å².